The lowest BCUT2D eigenvalue weighted by Gasteiger charge is -2.26. The molecule has 0 atom stereocenters. The molecule has 0 N–H and O–H groups in total. The minimum Gasteiger partial charge on any atom is -0.310 e. The van der Waals surface area contributed by atoms with E-state index < -0.39 is 0 Å². The van der Waals surface area contributed by atoms with Crippen molar-refractivity contribution in [3.05, 3.63) is 142 Å². The van der Waals surface area contributed by atoms with E-state index in [0.29, 0.717) is 43.8 Å². The van der Waals surface area contributed by atoms with E-state index in [-0.39, 0.29) is 22.9 Å². The molecule has 7 rings (SSSR count). The van der Waals surface area contributed by atoms with E-state index in [1.807, 2.05) is 82.1 Å². The number of aromatic nitrogens is 1. The molecule has 0 fully saturated rings. The van der Waals surface area contributed by atoms with Gasteiger partial charge >= 0.3 is 0 Å². The first kappa shape index (κ1) is 18.4. The average Bonchev–Trinajstić information content (AvgIpc) is 2.94. The highest BCUT2D eigenvalue weighted by Crippen LogP contribution is 2.37. The zero-order valence-corrected chi connectivity index (χ0v) is 19.1. The lowest BCUT2D eigenvalue weighted by Crippen LogP contribution is -2.16. The number of hydrogen-bond donors (Lipinski definition) is 0. The molecule has 170 valence electrons. The molecule has 4 nitrogen and oxygen atoms in total. The van der Waals surface area contributed by atoms with Crippen LogP contribution in [0.1, 0.15) is 2.74 Å². The monoisotopic (exact) mass is 466 g/mol. The predicted octanol–water partition coefficient (Wildman–Crippen LogP) is 7.03. The third-order valence-corrected chi connectivity index (χ3v) is 6.75. The third kappa shape index (κ3) is 2.88. The average molecular weight is 467 g/mol. The molecule has 0 aliphatic heterocycles. The van der Waals surface area contributed by atoms with E-state index in [4.69, 9.17) is 2.74 Å². The summed E-state index contributed by atoms with van der Waals surface area (Å²) in [5.74, 6) is 0. The van der Waals surface area contributed by atoms with Crippen LogP contribution in [0.15, 0.2) is 131 Å². The highest BCUT2D eigenvalue weighted by molar-refractivity contribution is 6.09. The fourth-order valence-electron chi connectivity index (χ4n) is 5.20. The summed E-state index contributed by atoms with van der Waals surface area (Å²) in [4.78, 5) is 29.9. The van der Waals surface area contributed by atoms with Crippen LogP contribution in [0.25, 0.3) is 38.1 Å². The number of fused-ring (bicyclic) bond motifs is 4. The molecule has 7 aromatic rings. The number of para-hydroxylation sites is 4. The minimum atomic E-state index is -0.224. The number of pyridine rings is 2. The summed E-state index contributed by atoms with van der Waals surface area (Å²) in [6.07, 6.45) is 0. The highest BCUT2D eigenvalue weighted by atomic mass is 16.1. The molecule has 0 bridgehead atoms. The lowest BCUT2D eigenvalue weighted by atomic mass is 10.0. The molecule has 0 spiro atoms. The van der Waals surface area contributed by atoms with Crippen LogP contribution < -0.4 is 15.8 Å². The maximum absolute atomic E-state index is 13.9. The Morgan fingerprint density at radius 3 is 1.47 bits per heavy atom. The first-order valence-corrected chi connectivity index (χ1v) is 11.7. The Morgan fingerprint density at radius 1 is 0.528 bits per heavy atom. The Kier molecular flexibility index (Phi) is 3.97. The van der Waals surface area contributed by atoms with Crippen LogP contribution in [0, 0.1) is 0 Å². The van der Waals surface area contributed by atoms with Crippen LogP contribution in [0.3, 0.4) is 0 Å². The smallest absolute Gasteiger partial charge is 0.197 e. The van der Waals surface area contributed by atoms with Crippen LogP contribution in [0.4, 0.5) is 17.1 Å². The van der Waals surface area contributed by atoms with Crippen molar-refractivity contribution in [2.45, 2.75) is 0 Å². The van der Waals surface area contributed by atoms with Gasteiger partial charge in [-0.3, -0.25) is 9.59 Å². The number of rotatable bonds is 3. The lowest BCUT2D eigenvalue weighted by molar-refractivity contribution is 1.27. The Morgan fingerprint density at radius 2 is 1.00 bits per heavy atom. The molecule has 0 saturated heterocycles. The fourth-order valence-corrected chi connectivity index (χ4v) is 5.20. The van der Waals surface area contributed by atoms with Crippen molar-refractivity contribution in [3.8, 4) is 0 Å². The predicted molar refractivity (Wildman–Crippen MR) is 148 cm³/mol. The Bertz CT molecular complexity index is 2000. The van der Waals surface area contributed by atoms with Crippen molar-refractivity contribution in [3.63, 3.8) is 0 Å². The summed E-state index contributed by atoms with van der Waals surface area (Å²) in [7, 11) is 0. The molecule has 0 saturated carbocycles. The van der Waals surface area contributed by atoms with E-state index in [1.54, 1.807) is 36.4 Å². The summed E-state index contributed by atoms with van der Waals surface area (Å²) in [5, 5.41) is 1.63. The zero-order valence-electron chi connectivity index (χ0n) is 21.1. The van der Waals surface area contributed by atoms with Crippen molar-refractivity contribution in [2.75, 3.05) is 4.90 Å². The topological polar surface area (TPSA) is 41.8 Å². The number of anilines is 3. The molecule has 0 amide bonds. The molecule has 0 aliphatic carbocycles. The van der Waals surface area contributed by atoms with Gasteiger partial charge in [-0.05, 0) is 60.7 Å². The van der Waals surface area contributed by atoms with E-state index >= 15 is 0 Å². The molecule has 5 aromatic carbocycles. The summed E-state index contributed by atoms with van der Waals surface area (Å²) >= 11 is 0. The van der Waals surface area contributed by atoms with Gasteiger partial charge in [0.1, 0.15) is 0 Å². The van der Waals surface area contributed by atoms with Gasteiger partial charge in [0.2, 0.25) is 0 Å². The van der Waals surface area contributed by atoms with Crippen molar-refractivity contribution in [1.29, 1.82) is 0 Å². The number of benzene rings is 5. The maximum atomic E-state index is 13.9. The molecule has 0 radical (unpaired) electrons. The van der Waals surface area contributed by atoms with Gasteiger partial charge in [-0.2, -0.15) is 0 Å². The molecule has 2 heterocycles. The largest absolute Gasteiger partial charge is 0.310 e. The SMILES string of the molecule is [2H]c1ccc2c(c1)c(=O)c1cc(N(c3ccccc3)c3ccccc3)cc3c(=O)c4cc([2H])ccc4n2c13. The van der Waals surface area contributed by atoms with Gasteiger partial charge in [0.05, 0.1) is 19.3 Å². The van der Waals surface area contributed by atoms with E-state index in [1.165, 1.54) is 0 Å². The normalized spacial score (nSPS) is 12.3. The van der Waals surface area contributed by atoms with Crippen LogP contribution in [-0.2, 0) is 0 Å². The van der Waals surface area contributed by atoms with Crippen LogP contribution >= 0.6 is 0 Å². The van der Waals surface area contributed by atoms with E-state index in [9.17, 15) is 9.59 Å². The second kappa shape index (κ2) is 7.79. The van der Waals surface area contributed by atoms with Crippen LogP contribution in [0.5, 0.6) is 0 Å². The van der Waals surface area contributed by atoms with Gasteiger partial charge < -0.3 is 9.30 Å². The molecule has 2 aromatic heterocycles. The van der Waals surface area contributed by atoms with Crippen molar-refractivity contribution in [1.82, 2.24) is 4.40 Å². The first-order valence-electron chi connectivity index (χ1n) is 12.7. The van der Waals surface area contributed by atoms with Gasteiger partial charge in [0.15, 0.2) is 10.9 Å². The summed E-state index contributed by atoms with van der Waals surface area (Å²) in [6.45, 7) is 0. The standard InChI is InChI=1S/C32H20N2O2/c35-31-24-15-7-9-17-28(24)34-29-18-10-8-16-25(29)32(36)27-20-23(19-26(31)30(27)34)33(21-11-3-1-4-12-21)22-13-5-2-6-14-22/h1-20H/i7D,8D. The molecule has 4 heteroatoms. The Hall–Kier alpha value is -4.96. The minimum absolute atomic E-state index is 0.224. The summed E-state index contributed by atoms with van der Waals surface area (Å²) < 4.78 is 18.3. The van der Waals surface area contributed by atoms with Gasteiger partial charge in [-0.1, -0.05) is 60.6 Å². The van der Waals surface area contributed by atoms with E-state index in [2.05, 4.69) is 0 Å². The van der Waals surface area contributed by atoms with Gasteiger partial charge in [-0.15, -0.1) is 0 Å². The summed E-state index contributed by atoms with van der Waals surface area (Å²) in [6, 6.07) is 33.7. The van der Waals surface area contributed by atoms with Gasteiger partial charge in [-0.25, -0.2) is 0 Å². The van der Waals surface area contributed by atoms with Crippen molar-refractivity contribution < 1.29 is 2.74 Å². The molecule has 0 aliphatic rings. The maximum Gasteiger partial charge on any atom is 0.197 e. The molecular weight excluding hydrogens is 444 g/mol. The van der Waals surface area contributed by atoms with Crippen LogP contribution in [0.2, 0.25) is 0 Å². The van der Waals surface area contributed by atoms with E-state index in [0.717, 1.165) is 11.4 Å². The summed E-state index contributed by atoms with van der Waals surface area (Å²) in [5.41, 5.74) is 3.79. The molecule has 0 unspecified atom stereocenters. The Labute approximate surface area is 209 Å². The third-order valence-electron chi connectivity index (χ3n) is 6.75. The quantitative estimate of drug-likeness (QED) is 0.207. The second-order valence-corrected chi connectivity index (χ2v) is 8.78. The number of hydrogen-bond acceptors (Lipinski definition) is 3. The Balaban J connectivity index is 1.71. The first-order chi connectivity index (χ1) is 18.5. The second-order valence-electron chi connectivity index (χ2n) is 8.78. The van der Waals surface area contributed by atoms with Crippen molar-refractivity contribution >= 4 is 55.2 Å². The van der Waals surface area contributed by atoms with Crippen molar-refractivity contribution in [2.24, 2.45) is 0 Å². The number of nitrogens with zero attached hydrogens (tertiary/aromatic N) is 2. The molecule has 36 heavy (non-hydrogen) atoms. The molecular formula is C32H20N2O2. The fraction of sp³-hybridized carbons (Fsp3) is 0. The highest BCUT2D eigenvalue weighted by Gasteiger charge is 2.20. The van der Waals surface area contributed by atoms with Gasteiger partial charge in [0.25, 0.3) is 0 Å². The van der Waals surface area contributed by atoms with Crippen LogP contribution in [-0.4, -0.2) is 4.40 Å². The van der Waals surface area contributed by atoms with Gasteiger partial charge in [0, 0.05) is 38.6 Å². The zero-order chi connectivity index (χ0) is 26.0.